The minimum absolute atomic E-state index is 0.0363. The van der Waals surface area contributed by atoms with E-state index in [2.05, 4.69) is 26.6 Å². The molecule has 15 unspecified atom stereocenters. The second kappa shape index (κ2) is 24.0. The van der Waals surface area contributed by atoms with E-state index in [1.807, 2.05) is 0 Å². The summed E-state index contributed by atoms with van der Waals surface area (Å²) in [4.78, 5) is 97.5. The number of rotatable bonds is 23. The highest BCUT2D eigenvalue weighted by atomic mass is 16.7. The molecule has 60 heavy (non-hydrogen) atoms. The molecule has 0 saturated carbocycles. The van der Waals surface area contributed by atoms with Crippen LogP contribution in [0.4, 0.5) is 0 Å². The van der Waals surface area contributed by atoms with Gasteiger partial charge in [0.25, 0.3) is 0 Å². The van der Waals surface area contributed by atoms with Gasteiger partial charge in [-0.25, -0.2) is 9.59 Å². The van der Waals surface area contributed by atoms with Crippen LogP contribution >= 0.6 is 0 Å². The Kier molecular flexibility index (Phi) is 20.6. The van der Waals surface area contributed by atoms with E-state index in [1.165, 1.54) is 13.8 Å². The standard InChI is InChI=1S/C34H56N6O20/c1-12(28(48)40-18(32(54)55)8-9-21(45)39-17(31(52)53)7-5-6-16(35)30(50)51)36-29(49)13(2)57-27-23(38-15(4)44)33(56)58-20(11-42)26(27)60-34-22(37-14(3)43)25(47)24(46)19(10-41)59-34/h12-13,16-20,22-27,33-34,41-42,46-47,56H,5-11,35H2,1-4H3,(H,36,49)(H,37,43)(H,38,44)(H,39,45)(H,40,48)(H,50,51)(H,52,53)(H,54,55). The van der Waals surface area contributed by atoms with Crippen LogP contribution in [0.25, 0.3) is 0 Å². The van der Waals surface area contributed by atoms with Gasteiger partial charge in [0, 0.05) is 20.3 Å². The highest BCUT2D eigenvalue weighted by molar-refractivity contribution is 5.91. The number of nitrogens with two attached hydrogens (primary N) is 1. The Morgan fingerprint density at radius 2 is 1.25 bits per heavy atom. The first-order chi connectivity index (χ1) is 28.0. The van der Waals surface area contributed by atoms with Gasteiger partial charge in [0.05, 0.1) is 13.2 Å². The van der Waals surface area contributed by atoms with Gasteiger partial charge in [-0.2, -0.15) is 0 Å². The predicted molar refractivity (Wildman–Crippen MR) is 196 cm³/mol. The lowest BCUT2D eigenvalue weighted by molar-refractivity contribution is -0.333. The zero-order valence-corrected chi connectivity index (χ0v) is 33.2. The molecule has 0 aromatic rings. The molecule has 342 valence electrons. The second-order valence-electron chi connectivity index (χ2n) is 14.3. The first kappa shape index (κ1) is 51.5. The smallest absolute Gasteiger partial charge is 0.326 e. The molecule has 0 aromatic heterocycles. The fraction of sp³-hybridized carbons (Fsp3) is 0.765. The minimum atomic E-state index is -1.89. The van der Waals surface area contributed by atoms with Crippen molar-refractivity contribution in [2.45, 2.75) is 151 Å². The fourth-order valence-corrected chi connectivity index (χ4v) is 6.24. The van der Waals surface area contributed by atoms with Gasteiger partial charge in [-0.05, 0) is 39.5 Å². The Hall–Kier alpha value is -4.64. The third-order valence-electron chi connectivity index (χ3n) is 9.47. The Morgan fingerprint density at radius 1 is 0.683 bits per heavy atom. The van der Waals surface area contributed by atoms with E-state index in [0.29, 0.717) is 0 Å². The molecule has 26 nitrogen and oxygen atoms in total. The molecule has 0 spiro atoms. The first-order valence-corrected chi connectivity index (χ1v) is 18.8. The molecule has 2 aliphatic rings. The van der Waals surface area contributed by atoms with Gasteiger partial charge in [0.1, 0.15) is 79.0 Å². The summed E-state index contributed by atoms with van der Waals surface area (Å²) >= 11 is 0. The maximum absolute atomic E-state index is 13.4. The van der Waals surface area contributed by atoms with E-state index < -0.39 is 165 Å². The Bertz CT molecular complexity index is 1520. The molecule has 0 bridgehead atoms. The molecular weight excluding hydrogens is 812 g/mol. The molecule has 5 amide bonds. The summed E-state index contributed by atoms with van der Waals surface area (Å²) in [6.45, 7) is 2.80. The highest BCUT2D eigenvalue weighted by Crippen LogP contribution is 2.31. The van der Waals surface area contributed by atoms with E-state index in [1.54, 1.807) is 0 Å². The normalized spacial score (nSPS) is 29.0. The van der Waals surface area contributed by atoms with Gasteiger partial charge in [-0.15, -0.1) is 0 Å². The number of aliphatic carboxylic acids is 3. The SMILES string of the molecule is CC(=O)NC1C(OC2C(CO)OC(O)C(NC(C)=O)C2OC(C)C(=O)NC(C)C(=O)NC(CCC(=O)NC(CCCC(N)C(=O)O)C(=O)O)C(=O)O)OC(CO)C(O)C1O. The van der Waals surface area contributed by atoms with Crippen LogP contribution in [-0.2, 0) is 57.3 Å². The Balaban J connectivity index is 2.18. The van der Waals surface area contributed by atoms with Crippen molar-refractivity contribution in [3.8, 4) is 0 Å². The van der Waals surface area contributed by atoms with Crippen molar-refractivity contribution in [2.75, 3.05) is 13.2 Å². The third-order valence-corrected chi connectivity index (χ3v) is 9.47. The van der Waals surface area contributed by atoms with Crippen molar-refractivity contribution >= 4 is 47.4 Å². The first-order valence-electron chi connectivity index (χ1n) is 18.8. The molecule has 2 heterocycles. The average molecular weight is 869 g/mol. The van der Waals surface area contributed by atoms with E-state index in [-0.39, 0.29) is 19.3 Å². The summed E-state index contributed by atoms with van der Waals surface area (Å²) in [6.07, 6.45) is -16.1. The Morgan fingerprint density at radius 3 is 1.78 bits per heavy atom. The summed E-state index contributed by atoms with van der Waals surface area (Å²) in [5, 5.41) is 91.3. The maximum atomic E-state index is 13.4. The van der Waals surface area contributed by atoms with Crippen LogP contribution in [0.15, 0.2) is 0 Å². The average Bonchev–Trinajstić information content (AvgIpc) is 3.16. The summed E-state index contributed by atoms with van der Waals surface area (Å²) in [5.41, 5.74) is 5.40. The number of hydrogen-bond acceptors (Lipinski definition) is 18. The summed E-state index contributed by atoms with van der Waals surface area (Å²) < 4.78 is 23.0. The molecule has 0 aliphatic carbocycles. The number of nitrogens with one attached hydrogen (secondary N) is 5. The molecule has 2 rings (SSSR count). The summed E-state index contributed by atoms with van der Waals surface area (Å²) in [5.74, 6) is -8.68. The molecule has 0 radical (unpaired) electrons. The van der Waals surface area contributed by atoms with Gasteiger partial charge in [-0.3, -0.25) is 28.8 Å². The number of carboxylic acid groups (broad SMARTS) is 3. The molecule has 2 saturated heterocycles. The van der Waals surface area contributed by atoms with E-state index in [0.717, 1.165) is 13.8 Å². The predicted octanol–water partition coefficient (Wildman–Crippen LogP) is -6.69. The van der Waals surface area contributed by atoms with Crippen molar-refractivity contribution in [2.24, 2.45) is 5.73 Å². The summed E-state index contributed by atoms with van der Waals surface area (Å²) in [7, 11) is 0. The number of amides is 5. The number of ether oxygens (including phenoxy) is 4. The van der Waals surface area contributed by atoms with Crippen molar-refractivity contribution < 1.29 is 98.2 Å². The van der Waals surface area contributed by atoms with E-state index in [4.69, 9.17) is 29.8 Å². The number of carboxylic acids is 3. The van der Waals surface area contributed by atoms with E-state index >= 15 is 0 Å². The zero-order chi connectivity index (χ0) is 45.6. The quantitative estimate of drug-likeness (QED) is 0.0454. The maximum Gasteiger partial charge on any atom is 0.326 e. The lowest BCUT2D eigenvalue weighted by Crippen LogP contribution is -2.70. The van der Waals surface area contributed by atoms with Gasteiger partial charge in [-0.1, -0.05) is 0 Å². The second-order valence-corrected chi connectivity index (χ2v) is 14.3. The number of carbonyl (C=O) groups excluding carboxylic acids is 5. The Labute approximate surface area is 342 Å². The molecule has 2 aliphatic heterocycles. The lowest BCUT2D eigenvalue weighted by Gasteiger charge is -2.48. The highest BCUT2D eigenvalue weighted by Gasteiger charge is 2.53. The topological polar surface area (TPSA) is 421 Å². The zero-order valence-electron chi connectivity index (χ0n) is 33.2. The molecule has 26 heteroatoms. The lowest BCUT2D eigenvalue weighted by atomic mass is 9.94. The van der Waals surface area contributed by atoms with Crippen molar-refractivity contribution in [3.05, 3.63) is 0 Å². The van der Waals surface area contributed by atoms with Crippen LogP contribution in [0, 0.1) is 0 Å². The van der Waals surface area contributed by atoms with Crippen LogP contribution in [0.3, 0.4) is 0 Å². The van der Waals surface area contributed by atoms with Crippen molar-refractivity contribution in [3.63, 3.8) is 0 Å². The molecule has 0 aromatic carbocycles. The number of hydrogen-bond donors (Lipinski definition) is 14. The largest absolute Gasteiger partial charge is 0.480 e. The van der Waals surface area contributed by atoms with Crippen molar-refractivity contribution in [1.82, 2.24) is 26.6 Å². The van der Waals surface area contributed by atoms with Gasteiger partial charge in [0.2, 0.25) is 29.5 Å². The molecule has 15 N–H and O–H groups in total. The van der Waals surface area contributed by atoms with Crippen LogP contribution in [0.1, 0.15) is 59.8 Å². The molecular formula is C34H56N6O20. The number of carbonyl (C=O) groups is 8. The van der Waals surface area contributed by atoms with Crippen LogP contribution in [0.2, 0.25) is 0 Å². The minimum Gasteiger partial charge on any atom is -0.480 e. The number of aliphatic hydroxyl groups excluding tert-OH is 5. The van der Waals surface area contributed by atoms with Gasteiger partial charge < -0.3 is 92.1 Å². The van der Waals surface area contributed by atoms with Gasteiger partial charge >= 0.3 is 17.9 Å². The fourth-order valence-electron chi connectivity index (χ4n) is 6.24. The van der Waals surface area contributed by atoms with Crippen LogP contribution < -0.4 is 32.3 Å². The molecule has 15 atom stereocenters. The number of aliphatic hydroxyl groups is 5. The van der Waals surface area contributed by atoms with Crippen LogP contribution in [0.5, 0.6) is 0 Å². The van der Waals surface area contributed by atoms with Crippen LogP contribution in [-0.4, -0.2) is 193 Å². The third kappa shape index (κ3) is 15.1. The monoisotopic (exact) mass is 868 g/mol. The van der Waals surface area contributed by atoms with E-state index in [9.17, 15) is 74.1 Å². The van der Waals surface area contributed by atoms with Gasteiger partial charge in [0.15, 0.2) is 12.6 Å². The van der Waals surface area contributed by atoms with Crippen molar-refractivity contribution in [1.29, 1.82) is 0 Å². The summed E-state index contributed by atoms with van der Waals surface area (Å²) in [6, 6.07) is -8.87. The molecule has 2 fully saturated rings.